The molecule has 3 aromatic carbocycles. The van der Waals surface area contributed by atoms with E-state index < -0.39 is 0 Å². The van der Waals surface area contributed by atoms with Crippen molar-refractivity contribution in [3.63, 3.8) is 0 Å². The lowest BCUT2D eigenvalue weighted by atomic mass is 9.98. The average Bonchev–Trinajstić information content (AvgIpc) is 2.44. The molecular formula is C16H15NO2. The zero-order chi connectivity index (χ0) is 13.4. The second-order valence-electron chi connectivity index (χ2n) is 4.70. The quantitative estimate of drug-likeness (QED) is 0.485. The summed E-state index contributed by atoms with van der Waals surface area (Å²) in [6.07, 6.45) is 0. The minimum atomic E-state index is -0.0753. The van der Waals surface area contributed by atoms with E-state index in [4.69, 9.17) is 5.73 Å². The zero-order valence-corrected chi connectivity index (χ0v) is 10.4. The second kappa shape index (κ2) is 4.53. The van der Waals surface area contributed by atoms with Gasteiger partial charge in [-0.05, 0) is 57.6 Å². The van der Waals surface area contributed by atoms with E-state index in [1.54, 1.807) is 0 Å². The molecule has 0 spiro atoms. The van der Waals surface area contributed by atoms with Gasteiger partial charge in [-0.3, -0.25) is 0 Å². The fraction of sp³-hybridized carbons (Fsp3) is 0.125. The van der Waals surface area contributed by atoms with E-state index in [1.807, 2.05) is 36.4 Å². The van der Waals surface area contributed by atoms with Crippen molar-refractivity contribution in [3.8, 4) is 0 Å². The van der Waals surface area contributed by atoms with Gasteiger partial charge in [-0.2, -0.15) is 0 Å². The van der Waals surface area contributed by atoms with Crippen molar-refractivity contribution in [1.29, 1.82) is 0 Å². The van der Waals surface area contributed by atoms with Crippen LogP contribution in [0.2, 0.25) is 0 Å². The van der Waals surface area contributed by atoms with Crippen molar-refractivity contribution < 1.29 is 10.2 Å². The topological polar surface area (TPSA) is 66.5 Å². The highest BCUT2D eigenvalue weighted by Crippen LogP contribution is 2.29. The van der Waals surface area contributed by atoms with Crippen LogP contribution in [0.3, 0.4) is 0 Å². The summed E-state index contributed by atoms with van der Waals surface area (Å²) in [5.41, 5.74) is 8.25. The number of nitrogen functional groups attached to an aromatic ring is 1. The molecule has 0 aliphatic carbocycles. The molecular weight excluding hydrogens is 238 g/mol. The molecule has 96 valence electrons. The lowest BCUT2D eigenvalue weighted by molar-refractivity contribution is 0.260. The molecule has 0 bridgehead atoms. The average molecular weight is 253 g/mol. The molecule has 0 saturated heterocycles. The van der Waals surface area contributed by atoms with Crippen LogP contribution in [0.15, 0.2) is 42.5 Å². The maximum Gasteiger partial charge on any atom is 0.0685 e. The van der Waals surface area contributed by atoms with Gasteiger partial charge in [0.1, 0.15) is 0 Å². The normalized spacial score (nSPS) is 11.3. The third-order valence-corrected chi connectivity index (χ3v) is 3.53. The Kier molecular flexibility index (Phi) is 2.85. The summed E-state index contributed by atoms with van der Waals surface area (Å²) < 4.78 is 0. The summed E-state index contributed by atoms with van der Waals surface area (Å²) in [5.74, 6) is 0. The molecule has 0 amide bonds. The van der Waals surface area contributed by atoms with Crippen LogP contribution in [0.4, 0.5) is 5.69 Å². The second-order valence-corrected chi connectivity index (χ2v) is 4.70. The molecule has 19 heavy (non-hydrogen) atoms. The smallest absolute Gasteiger partial charge is 0.0685 e. The standard InChI is InChI=1S/C16H15NO2/c17-16-3-1-2-10-4-11-5-13(8-18)14(9-19)6-12(11)7-15(10)16/h1-7,18-19H,8-9,17H2. The summed E-state index contributed by atoms with van der Waals surface area (Å²) in [7, 11) is 0. The largest absolute Gasteiger partial charge is 0.398 e. The third-order valence-electron chi connectivity index (χ3n) is 3.53. The predicted octanol–water partition coefficient (Wildman–Crippen LogP) is 2.56. The molecule has 3 aromatic rings. The van der Waals surface area contributed by atoms with Gasteiger partial charge in [0.25, 0.3) is 0 Å². The van der Waals surface area contributed by atoms with E-state index in [-0.39, 0.29) is 13.2 Å². The first-order valence-electron chi connectivity index (χ1n) is 6.18. The third kappa shape index (κ3) is 1.93. The molecule has 3 rings (SSSR count). The van der Waals surface area contributed by atoms with Crippen LogP contribution in [0.5, 0.6) is 0 Å². The van der Waals surface area contributed by atoms with E-state index >= 15 is 0 Å². The monoisotopic (exact) mass is 253 g/mol. The van der Waals surface area contributed by atoms with Gasteiger partial charge >= 0.3 is 0 Å². The summed E-state index contributed by atoms with van der Waals surface area (Å²) in [4.78, 5) is 0. The van der Waals surface area contributed by atoms with E-state index in [1.165, 1.54) is 0 Å². The Morgan fingerprint density at radius 1 is 0.789 bits per heavy atom. The van der Waals surface area contributed by atoms with Crippen molar-refractivity contribution in [1.82, 2.24) is 0 Å². The number of hydrogen-bond acceptors (Lipinski definition) is 3. The fourth-order valence-corrected chi connectivity index (χ4v) is 2.49. The Morgan fingerprint density at radius 3 is 2.05 bits per heavy atom. The van der Waals surface area contributed by atoms with Crippen LogP contribution in [-0.2, 0) is 13.2 Å². The molecule has 0 heterocycles. The lowest BCUT2D eigenvalue weighted by Crippen LogP contribution is -1.94. The molecule has 4 N–H and O–H groups in total. The molecule has 0 atom stereocenters. The Balaban J connectivity index is 2.38. The number of aliphatic hydroxyl groups excluding tert-OH is 2. The van der Waals surface area contributed by atoms with Gasteiger partial charge in [0.15, 0.2) is 0 Å². The summed E-state index contributed by atoms with van der Waals surface area (Å²) in [6, 6.07) is 13.7. The molecule has 0 unspecified atom stereocenters. The highest BCUT2D eigenvalue weighted by atomic mass is 16.3. The Bertz CT molecular complexity index is 765. The maximum atomic E-state index is 9.34. The highest BCUT2D eigenvalue weighted by Gasteiger charge is 2.06. The summed E-state index contributed by atoms with van der Waals surface area (Å²) in [6.45, 7) is -0.144. The Hall–Kier alpha value is -2.10. The van der Waals surface area contributed by atoms with Gasteiger partial charge in [-0.25, -0.2) is 0 Å². The number of nitrogens with two attached hydrogens (primary N) is 1. The first-order chi connectivity index (χ1) is 9.22. The zero-order valence-electron chi connectivity index (χ0n) is 10.4. The number of aliphatic hydroxyl groups is 2. The van der Waals surface area contributed by atoms with Gasteiger partial charge in [0.2, 0.25) is 0 Å². The molecule has 3 heteroatoms. The van der Waals surface area contributed by atoms with E-state index in [9.17, 15) is 10.2 Å². The number of rotatable bonds is 2. The van der Waals surface area contributed by atoms with Gasteiger partial charge in [0.05, 0.1) is 13.2 Å². The molecule has 0 fully saturated rings. The van der Waals surface area contributed by atoms with E-state index in [0.29, 0.717) is 0 Å². The molecule has 0 radical (unpaired) electrons. The van der Waals surface area contributed by atoms with Crippen molar-refractivity contribution in [2.75, 3.05) is 5.73 Å². The molecule has 3 nitrogen and oxygen atoms in total. The number of anilines is 1. The first-order valence-corrected chi connectivity index (χ1v) is 6.18. The molecule has 0 aliphatic heterocycles. The van der Waals surface area contributed by atoms with Crippen LogP contribution < -0.4 is 5.73 Å². The van der Waals surface area contributed by atoms with Gasteiger partial charge in [-0.15, -0.1) is 0 Å². The number of fused-ring (bicyclic) bond motifs is 2. The van der Waals surface area contributed by atoms with Crippen LogP contribution in [-0.4, -0.2) is 10.2 Å². The summed E-state index contributed by atoms with van der Waals surface area (Å²) in [5, 5.41) is 22.8. The van der Waals surface area contributed by atoms with Gasteiger partial charge < -0.3 is 15.9 Å². The van der Waals surface area contributed by atoms with Gasteiger partial charge in [0, 0.05) is 11.1 Å². The first kappa shape index (κ1) is 12.0. The Labute approximate surface area is 110 Å². The van der Waals surface area contributed by atoms with Gasteiger partial charge in [-0.1, -0.05) is 12.1 Å². The van der Waals surface area contributed by atoms with Crippen molar-refractivity contribution in [3.05, 3.63) is 53.6 Å². The number of hydrogen-bond donors (Lipinski definition) is 3. The Morgan fingerprint density at radius 2 is 1.42 bits per heavy atom. The van der Waals surface area contributed by atoms with E-state index in [0.717, 1.165) is 38.4 Å². The molecule has 0 aromatic heterocycles. The lowest BCUT2D eigenvalue weighted by Gasteiger charge is -2.10. The van der Waals surface area contributed by atoms with Crippen LogP contribution in [0.25, 0.3) is 21.5 Å². The van der Waals surface area contributed by atoms with Crippen LogP contribution >= 0.6 is 0 Å². The van der Waals surface area contributed by atoms with Crippen LogP contribution in [0, 0.1) is 0 Å². The highest BCUT2D eigenvalue weighted by molar-refractivity contribution is 6.03. The van der Waals surface area contributed by atoms with Crippen LogP contribution in [0.1, 0.15) is 11.1 Å². The molecule has 0 aliphatic rings. The predicted molar refractivity (Wildman–Crippen MR) is 77.7 cm³/mol. The minimum absolute atomic E-state index is 0.0687. The van der Waals surface area contributed by atoms with Crippen molar-refractivity contribution in [2.24, 2.45) is 0 Å². The minimum Gasteiger partial charge on any atom is -0.398 e. The SMILES string of the molecule is Nc1cccc2cc3cc(CO)c(CO)cc3cc12. The van der Waals surface area contributed by atoms with Crippen molar-refractivity contribution >= 4 is 27.2 Å². The molecule has 0 saturated carbocycles. The van der Waals surface area contributed by atoms with E-state index in [2.05, 4.69) is 6.07 Å². The van der Waals surface area contributed by atoms with Crippen molar-refractivity contribution in [2.45, 2.75) is 13.2 Å². The number of benzene rings is 3. The fourth-order valence-electron chi connectivity index (χ4n) is 2.49. The maximum absolute atomic E-state index is 9.34. The summed E-state index contributed by atoms with van der Waals surface area (Å²) >= 11 is 0.